The van der Waals surface area contributed by atoms with Gasteiger partial charge in [0, 0.05) is 6.54 Å². The van der Waals surface area contributed by atoms with Crippen molar-refractivity contribution in [2.24, 2.45) is 0 Å². The number of carbonyl (C=O) groups excluding carboxylic acids is 1. The molecule has 2 N–H and O–H groups in total. The number of thiocarbonyl (C=S) groups is 1. The zero-order valence-electron chi connectivity index (χ0n) is 18.0. The molecule has 2 rings (SSSR count). The number of para-hydroxylation sites is 1. The molecule has 162 valence electrons. The number of methoxy groups -OCH3 is 1. The lowest BCUT2D eigenvalue weighted by molar-refractivity contribution is 0.0971. The zero-order valence-corrected chi connectivity index (χ0v) is 18.8. The van der Waals surface area contributed by atoms with E-state index in [1.807, 2.05) is 38.1 Å². The molecule has 0 aliphatic carbocycles. The number of ether oxygens (including phenoxy) is 3. The largest absolute Gasteiger partial charge is 0.493 e. The Kier molecular flexibility index (Phi) is 9.41. The minimum atomic E-state index is -0.319. The van der Waals surface area contributed by atoms with Crippen molar-refractivity contribution < 1.29 is 19.0 Å². The molecule has 0 atom stereocenters. The summed E-state index contributed by atoms with van der Waals surface area (Å²) >= 11 is 5.28. The van der Waals surface area contributed by atoms with Crippen molar-refractivity contribution in [3.63, 3.8) is 0 Å². The van der Waals surface area contributed by atoms with E-state index in [4.69, 9.17) is 26.4 Å². The maximum absolute atomic E-state index is 12.6. The topological polar surface area (TPSA) is 68.8 Å². The van der Waals surface area contributed by atoms with Gasteiger partial charge in [0.25, 0.3) is 5.91 Å². The Morgan fingerprint density at radius 2 is 1.87 bits per heavy atom. The first-order chi connectivity index (χ1) is 14.4. The maximum Gasteiger partial charge on any atom is 0.261 e. The summed E-state index contributed by atoms with van der Waals surface area (Å²) in [6, 6.07) is 12.8. The minimum Gasteiger partial charge on any atom is -0.493 e. The van der Waals surface area contributed by atoms with E-state index in [0.717, 1.165) is 18.4 Å². The van der Waals surface area contributed by atoms with Gasteiger partial charge in [0.1, 0.15) is 5.75 Å². The van der Waals surface area contributed by atoms with Crippen LogP contribution in [0.5, 0.6) is 17.2 Å². The number of hydrogen-bond donors (Lipinski definition) is 2. The maximum atomic E-state index is 12.6. The van der Waals surface area contributed by atoms with Crippen LogP contribution in [-0.2, 0) is 6.54 Å². The van der Waals surface area contributed by atoms with Crippen LogP contribution in [0.4, 0.5) is 0 Å². The molecule has 0 aliphatic heterocycles. The molecule has 7 heteroatoms. The third kappa shape index (κ3) is 7.22. The number of hydrogen-bond acceptors (Lipinski definition) is 5. The number of rotatable bonds is 10. The van der Waals surface area contributed by atoms with E-state index in [2.05, 4.69) is 17.6 Å². The summed E-state index contributed by atoms with van der Waals surface area (Å²) in [4.78, 5) is 12.6. The van der Waals surface area contributed by atoms with Crippen molar-refractivity contribution in [2.45, 2.75) is 46.3 Å². The average Bonchev–Trinajstić information content (AvgIpc) is 2.72. The summed E-state index contributed by atoms with van der Waals surface area (Å²) in [7, 11) is 1.61. The zero-order chi connectivity index (χ0) is 21.9. The van der Waals surface area contributed by atoms with Crippen LogP contribution in [0.2, 0.25) is 0 Å². The highest BCUT2D eigenvalue weighted by Gasteiger charge is 2.14. The second-order valence-corrected chi connectivity index (χ2v) is 7.40. The summed E-state index contributed by atoms with van der Waals surface area (Å²) in [5.41, 5.74) is 1.39. The van der Waals surface area contributed by atoms with E-state index >= 15 is 0 Å². The van der Waals surface area contributed by atoms with Gasteiger partial charge >= 0.3 is 0 Å². The highest BCUT2D eigenvalue weighted by Crippen LogP contribution is 2.28. The summed E-state index contributed by atoms with van der Waals surface area (Å²) in [6.07, 6.45) is 2.03. The van der Waals surface area contributed by atoms with E-state index < -0.39 is 0 Å². The van der Waals surface area contributed by atoms with E-state index in [0.29, 0.717) is 36.0 Å². The van der Waals surface area contributed by atoms with Crippen LogP contribution in [0.1, 0.15) is 49.5 Å². The molecule has 0 bridgehead atoms. The van der Waals surface area contributed by atoms with Gasteiger partial charge in [0.05, 0.1) is 25.4 Å². The van der Waals surface area contributed by atoms with Gasteiger partial charge in [-0.25, -0.2) is 0 Å². The Morgan fingerprint density at radius 1 is 1.10 bits per heavy atom. The van der Waals surface area contributed by atoms with E-state index in [1.54, 1.807) is 25.3 Å². The van der Waals surface area contributed by atoms with Crippen LogP contribution in [0, 0.1) is 0 Å². The first kappa shape index (κ1) is 23.5. The van der Waals surface area contributed by atoms with Gasteiger partial charge in [0.2, 0.25) is 0 Å². The normalized spacial score (nSPS) is 10.4. The third-order valence-corrected chi connectivity index (χ3v) is 4.40. The summed E-state index contributed by atoms with van der Waals surface area (Å²) in [5, 5.41) is 5.98. The van der Waals surface area contributed by atoms with Crippen molar-refractivity contribution in [3.8, 4) is 17.2 Å². The van der Waals surface area contributed by atoms with Crippen molar-refractivity contribution in [1.29, 1.82) is 0 Å². The van der Waals surface area contributed by atoms with Crippen LogP contribution < -0.4 is 24.8 Å². The van der Waals surface area contributed by atoms with Crippen molar-refractivity contribution in [1.82, 2.24) is 10.6 Å². The molecular formula is C23H30N2O4S. The minimum absolute atomic E-state index is 0.0343. The van der Waals surface area contributed by atoms with E-state index in [-0.39, 0.29) is 17.1 Å². The Hall–Kier alpha value is -2.80. The molecular weight excluding hydrogens is 400 g/mol. The molecule has 30 heavy (non-hydrogen) atoms. The van der Waals surface area contributed by atoms with Crippen LogP contribution in [0.3, 0.4) is 0 Å². The van der Waals surface area contributed by atoms with Gasteiger partial charge in [-0.3, -0.25) is 10.1 Å². The number of carbonyl (C=O) groups is 1. The fraction of sp³-hybridized carbons (Fsp3) is 0.391. The summed E-state index contributed by atoms with van der Waals surface area (Å²) in [6.45, 7) is 7.04. The lowest BCUT2D eigenvalue weighted by Gasteiger charge is -2.15. The predicted octanol–water partition coefficient (Wildman–Crippen LogP) is 4.47. The fourth-order valence-electron chi connectivity index (χ4n) is 2.68. The SMILES string of the molecule is CCCCOc1ccc(CNC(=S)NC(=O)c2ccccc2OC(C)C)cc1OC. The van der Waals surface area contributed by atoms with Crippen LogP contribution in [0.15, 0.2) is 42.5 Å². The summed E-state index contributed by atoms with van der Waals surface area (Å²) < 4.78 is 16.9. The van der Waals surface area contributed by atoms with Crippen LogP contribution in [-0.4, -0.2) is 30.8 Å². The average molecular weight is 431 g/mol. The Balaban J connectivity index is 1.94. The monoisotopic (exact) mass is 430 g/mol. The quantitative estimate of drug-likeness (QED) is 0.428. The molecule has 0 unspecified atom stereocenters. The van der Waals surface area contributed by atoms with Crippen molar-refractivity contribution >= 4 is 23.2 Å². The molecule has 0 spiro atoms. The van der Waals surface area contributed by atoms with Gasteiger partial charge in [-0.2, -0.15) is 0 Å². The molecule has 0 saturated heterocycles. The van der Waals surface area contributed by atoms with Crippen LogP contribution >= 0.6 is 12.2 Å². The Bertz CT molecular complexity index is 855. The van der Waals surface area contributed by atoms with Crippen LogP contribution in [0.25, 0.3) is 0 Å². The standard InChI is InChI=1S/C23H30N2O4S/c1-5-6-13-28-20-12-11-17(14-21(20)27-4)15-24-23(30)25-22(26)18-9-7-8-10-19(18)29-16(2)3/h7-12,14,16H,5-6,13,15H2,1-4H3,(H2,24,25,26,30). The second-order valence-electron chi connectivity index (χ2n) is 6.99. The molecule has 1 amide bonds. The lowest BCUT2D eigenvalue weighted by atomic mass is 10.2. The molecule has 0 fully saturated rings. The van der Waals surface area contributed by atoms with Gasteiger partial charge in [-0.1, -0.05) is 31.5 Å². The summed E-state index contributed by atoms with van der Waals surface area (Å²) in [5.74, 6) is 1.59. The highest BCUT2D eigenvalue weighted by molar-refractivity contribution is 7.80. The molecule has 0 heterocycles. The molecule has 0 saturated carbocycles. The van der Waals surface area contributed by atoms with Gasteiger partial charge in [0.15, 0.2) is 16.6 Å². The number of amides is 1. The molecule has 6 nitrogen and oxygen atoms in total. The van der Waals surface area contributed by atoms with E-state index in [9.17, 15) is 4.79 Å². The third-order valence-electron chi connectivity index (χ3n) is 4.16. The molecule has 0 aromatic heterocycles. The van der Waals surface area contributed by atoms with Gasteiger partial charge < -0.3 is 19.5 Å². The fourth-order valence-corrected chi connectivity index (χ4v) is 2.84. The first-order valence-electron chi connectivity index (χ1n) is 10.1. The van der Waals surface area contributed by atoms with E-state index in [1.165, 1.54) is 0 Å². The number of unbranched alkanes of at least 4 members (excludes halogenated alkanes) is 1. The first-order valence-corrected chi connectivity index (χ1v) is 10.5. The molecule has 2 aromatic rings. The Morgan fingerprint density at radius 3 is 2.57 bits per heavy atom. The molecule has 2 aromatic carbocycles. The van der Waals surface area contributed by atoms with Crippen molar-refractivity contribution in [3.05, 3.63) is 53.6 Å². The predicted molar refractivity (Wildman–Crippen MR) is 123 cm³/mol. The van der Waals surface area contributed by atoms with Gasteiger partial charge in [-0.05, 0) is 62.3 Å². The van der Waals surface area contributed by atoms with Crippen molar-refractivity contribution in [2.75, 3.05) is 13.7 Å². The lowest BCUT2D eigenvalue weighted by Crippen LogP contribution is -2.39. The Labute approximate surface area is 183 Å². The molecule has 0 radical (unpaired) electrons. The van der Waals surface area contributed by atoms with Gasteiger partial charge in [-0.15, -0.1) is 0 Å². The number of nitrogens with one attached hydrogen (secondary N) is 2. The molecule has 0 aliphatic rings. The second kappa shape index (κ2) is 12.0. The smallest absolute Gasteiger partial charge is 0.261 e. The number of benzene rings is 2. The highest BCUT2D eigenvalue weighted by atomic mass is 32.1.